The summed E-state index contributed by atoms with van der Waals surface area (Å²) in [6.45, 7) is 5.61. The molecule has 6 atom stereocenters. The topological polar surface area (TPSA) is 196 Å². The van der Waals surface area contributed by atoms with E-state index < -0.39 is 41.6 Å². The number of aliphatic carboxylic acids is 2. The van der Waals surface area contributed by atoms with Gasteiger partial charge in [-0.2, -0.15) is 5.48 Å². The number of hydrogen-bond acceptors (Lipinski definition) is 11. The van der Waals surface area contributed by atoms with E-state index in [2.05, 4.69) is 24.6 Å². The summed E-state index contributed by atoms with van der Waals surface area (Å²) in [6.07, 6.45) is 9.11. The molecule has 4 rings (SSSR count). The van der Waals surface area contributed by atoms with Gasteiger partial charge in [0.15, 0.2) is 0 Å². The van der Waals surface area contributed by atoms with Gasteiger partial charge in [0.2, 0.25) is 5.91 Å². The number of methoxy groups -OCH3 is 2. The largest absolute Gasteiger partial charge is 0.481 e. The molecule has 0 saturated heterocycles. The number of carboxylic acid groups (broad SMARTS) is 2. The number of ether oxygens (including phenoxy) is 4. The lowest BCUT2D eigenvalue weighted by Crippen LogP contribution is -2.47. The maximum absolute atomic E-state index is 13.2. The zero-order valence-electron chi connectivity index (χ0n) is 30.8. The fourth-order valence-corrected chi connectivity index (χ4v) is 8.32. The number of hydroxylamine groups is 1. The third-order valence-corrected chi connectivity index (χ3v) is 11.5. The van der Waals surface area contributed by atoms with Gasteiger partial charge < -0.3 is 39.3 Å². The number of amides is 1. The Morgan fingerprint density at radius 2 is 1.12 bits per heavy atom. The number of carbonyl (C=O) groups excluding carboxylic acids is 3. The first-order valence-electron chi connectivity index (χ1n) is 18.8. The van der Waals surface area contributed by atoms with Crippen LogP contribution in [0.15, 0.2) is 0 Å². The van der Waals surface area contributed by atoms with Crippen LogP contribution in [0.25, 0.3) is 0 Å². The Hall–Kier alpha value is -2.81. The zero-order chi connectivity index (χ0) is 37.1. The molecule has 4 fully saturated rings. The summed E-state index contributed by atoms with van der Waals surface area (Å²) in [5, 5.41) is 22.4. The van der Waals surface area contributed by atoms with E-state index in [1.54, 1.807) is 0 Å². The van der Waals surface area contributed by atoms with Crippen molar-refractivity contribution in [3.8, 4) is 0 Å². The summed E-state index contributed by atoms with van der Waals surface area (Å²) in [5.41, 5.74) is 2.95. The van der Waals surface area contributed by atoms with E-state index in [4.69, 9.17) is 23.8 Å². The van der Waals surface area contributed by atoms with Crippen molar-refractivity contribution in [3.05, 3.63) is 0 Å². The van der Waals surface area contributed by atoms with Crippen molar-refractivity contribution < 1.29 is 58.0 Å². The van der Waals surface area contributed by atoms with Gasteiger partial charge in [0.1, 0.15) is 0 Å². The van der Waals surface area contributed by atoms with E-state index in [0.717, 1.165) is 51.4 Å². The highest BCUT2D eigenvalue weighted by atomic mass is 16.6. The van der Waals surface area contributed by atoms with Crippen LogP contribution in [0.1, 0.15) is 104 Å². The predicted octanol–water partition coefficient (Wildman–Crippen LogP) is 3.89. The van der Waals surface area contributed by atoms with E-state index in [0.29, 0.717) is 38.9 Å². The van der Waals surface area contributed by atoms with Crippen LogP contribution >= 0.6 is 0 Å². The van der Waals surface area contributed by atoms with Gasteiger partial charge in [-0.1, -0.05) is 13.8 Å². The van der Waals surface area contributed by atoms with Gasteiger partial charge >= 0.3 is 23.9 Å². The number of esters is 2. The van der Waals surface area contributed by atoms with Gasteiger partial charge in [0, 0.05) is 17.5 Å². The first-order valence-corrected chi connectivity index (χ1v) is 18.8. The number of hydrogen-bond donors (Lipinski definition) is 4. The highest BCUT2D eigenvalue weighted by Crippen LogP contribution is 2.37. The Balaban J connectivity index is 1.10. The second-order valence-corrected chi connectivity index (χ2v) is 16.0. The fraction of sp³-hybridized carbons (Fsp3) is 0.865. The third-order valence-electron chi connectivity index (χ3n) is 11.5. The van der Waals surface area contributed by atoms with Crippen molar-refractivity contribution in [2.75, 3.05) is 34.0 Å². The van der Waals surface area contributed by atoms with Crippen molar-refractivity contribution in [1.82, 2.24) is 10.8 Å². The summed E-state index contributed by atoms with van der Waals surface area (Å²) < 4.78 is 22.4. The van der Waals surface area contributed by atoms with Crippen LogP contribution in [-0.4, -0.2) is 98.3 Å². The van der Waals surface area contributed by atoms with E-state index in [1.165, 1.54) is 14.2 Å². The number of carbonyl (C=O) groups is 5. The van der Waals surface area contributed by atoms with Crippen LogP contribution < -0.4 is 10.8 Å². The molecule has 6 unspecified atom stereocenters. The monoisotopic (exact) mass is 724 g/mol. The standard InChI is InChI=1S/C37H60N2O12/c1-37(2,20-49-27-11-7-25(8-12-27)38-32(40)31-18-23(36(46)48-4)6-16-30(31)34(43)44)21-50-28-13-9-26(10-14-28)39-51-19-24-17-22(35(45)47-3)5-15-29(24)33(41)42/h22-31,39H,5-21H2,1-4H3,(H,38,40)(H,41,42)(H,43,44). The van der Waals surface area contributed by atoms with Gasteiger partial charge in [-0.05, 0) is 95.8 Å². The maximum Gasteiger partial charge on any atom is 0.308 e. The number of rotatable bonds is 16. The van der Waals surface area contributed by atoms with Gasteiger partial charge in [-0.25, -0.2) is 0 Å². The summed E-state index contributed by atoms with van der Waals surface area (Å²) in [4.78, 5) is 66.6. The zero-order valence-corrected chi connectivity index (χ0v) is 30.8. The number of carboxylic acids is 2. The molecule has 4 saturated carbocycles. The van der Waals surface area contributed by atoms with Crippen molar-refractivity contribution in [3.63, 3.8) is 0 Å². The molecule has 0 aromatic heterocycles. The second-order valence-electron chi connectivity index (χ2n) is 16.0. The Morgan fingerprint density at radius 1 is 0.627 bits per heavy atom. The van der Waals surface area contributed by atoms with Crippen LogP contribution in [-0.2, 0) is 47.8 Å². The molecule has 0 aromatic rings. The van der Waals surface area contributed by atoms with Gasteiger partial charge in [0.25, 0.3) is 0 Å². The van der Waals surface area contributed by atoms with Gasteiger partial charge in [-0.3, -0.25) is 24.0 Å². The van der Waals surface area contributed by atoms with Crippen LogP contribution in [0.2, 0.25) is 0 Å². The van der Waals surface area contributed by atoms with Gasteiger partial charge in [0.05, 0.1) is 75.8 Å². The molecule has 51 heavy (non-hydrogen) atoms. The molecular weight excluding hydrogens is 664 g/mol. The lowest BCUT2D eigenvalue weighted by molar-refractivity contribution is -0.155. The molecule has 14 nitrogen and oxygen atoms in total. The highest BCUT2D eigenvalue weighted by molar-refractivity contribution is 5.86. The van der Waals surface area contributed by atoms with Crippen molar-refractivity contribution in [1.29, 1.82) is 0 Å². The van der Waals surface area contributed by atoms with Crippen LogP contribution in [0.5, 0.6) is 0 Å². The van der Waals surface area contributed by atoms with E-state index >= 15 is 0 Å². The van der Waals surface area contributed by atoms with Crippen molar-refractivity contribution in [2.24, 2.45) is 40.9 Å². The minimum absolute atomic E-state index is 0.0514. The van der Waals surface area contributed by atoms with Crippen LogP contribution in [0.3, 0.4) is 0 Å². The van der Waals surface area contributed by atoms with Crippen LogP contribution in [0.4, 0.5) is 0 Å². The molecule has 0 heterocycles. The van der Waals surface area contributed by atoms with E-state index in [-0.39, 0.29) is 72.9 Å². The molecule has 0 bridgehead atoms. The molecule has 4 aliphatic carbocycles. The normalized spacial score (nSPS) is 33.1. The van der Waals surface area contributed by atoms with Crippen molar-refractivity contribution in [2.45, 2.75) is 128 Å². The van der Waals surface area contributed by atoms with Gasteiger partial charge in [-0.15, -0.1) is 0 Å². The minimum Gasteiger partial charge on any atom is -0.481 e. The second kappa shape index (κ2) is 19.3. The maximum atomic E-state index is 13.2. The quantitative estimate of drug-likeness (QED) is 0.132. The Morgan fingerprint density at radius 3 is 1.63 bits per heavy atom. The van der Waals surface area contributed by atoms with Crippen molar-refractivity contribution >= 4 is 29.8 Å². The highest BCUT2D eigenvalue weighted by Gasteiger charge is 2.43. The molecule has 1 amide bonds. The smallest absolute Gasteiger partial charge is 0.308 e. The Bertz CT molecular complexity index is 1180. The molecule has 0 aliphatic heterocycles. The Kier molecular flexibility index (Phi) is 15.5. The molecule has 14 heteroatoms. The SMILES string of the molecule is COC(=O)C1CCC(C(=O)O)C(CONC2CCC(OCC(C)(C)COC3CCC(NC(=O)C4CC(C(=O)OC)CCC4C(=O)O)CC3)CC2)C1. The lowest BCUT2D eigenvalue weighted by Gasteiger charge is -2.36. The Labute approximate surface area is 301 Å². The minimum atomic E-state index is -1.00. The lowest BCUT2D eigenvalue weighted by atomic mass is 9.73. The van der Waals surface area contributed by atoms with E-state index in [9.17, 15) is 34.2 Å². The summed E-state index contributed by atoms with van der Waals surface area (Å²) in [6, 6.07) is 0.104. The molecular formula is C37H60N2O12. The first kappa shape index (κ1) is 41.0. The molecule has 0 aromatic carbocycles. The fourth-order valence-electron chi connectivity index (χ4n) is 8.32. The first-order chi connectivity index (χ1) is 24.3. The third kappa shape index (κ3) is 12.1. The average Bonchev–Trinajstić information content (AvgIpc) is 3.13. The molecule has 0 radical (unpaired) electrons. The summed E-state index contributed by atoms with van der Waals surface area (Å²) in [5.74, 6) is -5.90. The van der Waals surface area contributed by atoms with Crippen LogP contribution in [0, 0.1) is 40.9 Å². The summed E-state index contributed by atoms with van der Waals surface area (Å²) >= 11 is 0. The molecule has 4 aliphatic rings. The molecule has 4 N–H and O–H groups in total. The predicted molar refractivity (Wildman–Crippen MR) is 183 cm³/mol. The summed E-state index contributed by atoms with van der Waals surface area (Å²) in [7, 11) is 2.67. The number of nitrogens with one attached hydrogen (secondary N) is 2. The average molecular weight is 725 g/mol. The van der Waals surface area contributed by atoms with E-state index in [1.807, 2.05) is 0 Å². The molecule has 0 spiro atoms. The molecule has 290 valence electrons.